The Morgan fingerprint density at radius 3 is 2.41 bits per heavy atom. The molecule has 0 unspecified atom stereocenters. The van der Waals surface area contributed by atoms with E-state index in [2.05, 4.69) is 4.74 Å². The van der Waals surface area contributed by atoms with Gasteiger partial charge in [0.15, 0.2) is 0 Å². The standard InChI is InChI=1S/C9H10BF3O4/c1-16-5-6-4-7(10(14)15)2-3-8(6)17-9(11,12)13/h2-4,14-15H,5H2,1H3. The zero-order valence-electron chi connectivity index (χ0n) is 8.86. The lowest BCUT2D eigenvalue weighted by molar-refractivity contribution is -0.275. The molecule has 0 atom stereocenters. The molecule has 2 N–H and O–H groups in total. The minimum absolute atomic E-state index is 0.0616. The molecular formula is C9H10BF3O4. The second-order valence-electron chi connectivity index (χ2n) is 3.22. The first kappa shape index (κ1) is 13.8. The highest BCUT2D eigenvalue weighted by molar-refractivity contribution is 6.58. The smallest absolute Gasteiger partial charge is 0.423 e. The summed E-state index contributed by atoms with van der Waals surface area (Å²) in [5.41, 5.74) is 0.141. The molecule has 1 aromatic carbocycles. The van der Waals surface area contributed by atoms with Crippen LogP contribution in [-0.4, -0.2) is 30.6 Å². The first-order valence-corrected chi connectivity index (χ1v) is 4.57. The fourth-order valence-electron chi connectivity index (χ4n) is 1.25. The van der Waals surface area contributed by atoms with Gasteiger partial charge in [0.25, 0.3) is 0 Å². The lowest BCUT2D eigenvalue weighted by Gasteiger charge is -2.14. The van der Waals surface area contributed by atoms with Gasteiger partial charge in [0.05, 0.1) is 6.61 Å². The molecule has 0 amide bonds. The number of ether oxygens (including phenoxy) is 2. The van der Waals surface area contributed by atoms with Gasteiger partial charge in [-0.3, -0.25) is 0 Å². The molecule has 1 rings (SSSR count). The molecule has 0 fully saturated rings. The number of methoxy groups -OCH3 is 1. The summed E-state index contributed by atoms with van der Waals surface area (Å²) in [6.07, 6.45) is -4.80. The van der Waals surface area contributed by atoms with Gasteiger partial charge in [0.2, 0.25) is 0 Å². The maximum atomic E-state index is 12.1. The van der Waals surface area contributed by atoms with Crippen LogP contribution in [-0.2, 0) is 11.3 Å². The van der Waals surface area contributed by atoms with Crippen molar-refractivity contribution >= 4 is 12.6 Å². The summed E-state index contributed by atoms with van der Waals surface area (Å²) < 4.78 is 44.7. The minimum Gasteiger partial charge on any atom is -0.423 e. The predicted octanol–water partition coefficient (Wildman–Crippen LogP) is 0.411. The second kappa shape index (κ2) is 5.39. The lowest BCUT2D eigenvalue weighted by Crippen LogP contribution is -2.30. The van der Waals surface area contributed by atoms with Crippen LogP contribution < -0.4 is 10.2 Å². The first-order valence-electron chi connectivity index (χ1n) is 4.57. The minimum atomic E-state index is -4.80. The predicted molar refractivity (Wildman–Crippen MR) is 53.7 cm³/mol. The highest BCUT2D eigenvalue weighted by atomic mass is 19.4. The molecule has 1 aromatic rings. The topological polar surface area (TPSA) is 58.9 Å². The third kappa shape index (κ3) is 4.25. The number of benzene rings is 1. The number of hydrogen-bond acceptors (Lipinski definition) is 4. The van der Waals surface area contributed by atoms with Crippen LogP contribution in [0, 0.1) is 0 Å². The summed E-state index contributed by atoms with van der Waals surface area (Å²) in [7, 11) is -0.454. The molecule has 0 saturated heterocycles. The zero-order valence-corrected chi connectivity index (χ0v) is 8.86. The van der Waals surface area contributed by atoms with Gasteiger partial charge < -0.3 is 19.5 Å². The molecular weight excluding hydrogens is 240 g/mol. The van der Waals surface area contributed by atoms with Crippen molar-refractivity contribution in [3.05, 3.63) is 23.8 Å². The van der Waals surface area contributed by atoms with Crippen LogP contribution in [0.1, 0.15) is 5.56 Å². The average Bonchev–Trinajstić information content (AvgIpc) is 2.18. The number of hydrogen-bond donors (Lipinski definition) is 2. The molecule has 17 heavy (non-hydrogen) atoms. The van der Waals surface area contributed by atoms with Gasteiger partial charge in [-0.1, -0.05) is 12.1 Å². The van der Waals surface area contributed by atoms with Crippen molar-refractivity contribution in [1.82, 2.24) is 0 Å². The largest absolute Gasteiger partial charge is 0.573 e. The molecule has 0 aliphatic heterocycles. The Balaban J connectivity index is 3.04. The van der Waals surface area contributed by atoms with Crippen LogP contribution in [0.5, 0.6) is 5.75 Å². The summed E-state index contributed by atoms with van der Waals surface area (Å²) >= 11 is 0. The van der Waals surface area contributed by atoms with E-state index in [0.717, 1.165) is 12.1 Å². The average molecular weight is 250 g/mol. The van der Waals surface area contributed by atoms with Crippen molar-refractivity contribution in [1.29, 1.82) is 0 Å². The summed E-state index contributed by atoms with van der Waals surface area (Å²) in [6, 6.07) is 3.32. The van der Waals surface area contributed by atoms with Gasteiger partial charge in [-0.2, -0.15) is 0 Å². The number of rotatable bonds is 4. The molecule has 0 heterocycles. The van der Waals surface area contributed by atoms with E-state index in [1.54, 1.807) is 0 Å². The summed E-state index contributed by atoms with van der Waals surface area (Å²) in [6.45, 7) is -0.133. The van der Waals surface area contributed by atoms with Crippen LogP contribution in [0.15, 0.2) is 18.2 Å². The number of halogens is 3. The van der Waals surface area contributed by atoms with E-state index >= 15 is 0 Å². The summed E-state index contributed by atoms with van der Waals surface area (Å²) in [5, 5.41) is 17.8. The monoisotopic (exact) mass is 250 g/mol. The lowest BCUT2D eigenvalue weighted by atomic mass is 9.79. The molecule has 0 bridgehead atoms. The van der Waals surface area contributed by atoms with Crippen molar-refractivity contribution < 1.29 is 32.7 Å². The van der Waals surface area contributed by atoms with Crippen LogP contribution in [0.2, 0.25) is 0 Å². The molecule has 0 saturated carbocycles. The Labute approximate surface area is 95.7 Å². The fraction of sp³-hybridized carbons (Fsp3) is 0.333. The highest BCUT2D eigenvalue weighted by Gasteiger charge is 2.32. The van der Waals surface area contributed by atoms with Crippen LogP contribution in [0.4, 0.5) is 13.2 Å². The SMILES string of the molecule is COCc1cc(B(O)O)ccc1OC(F)(F)F. The maximum Gasteiger partial charge on any atom is 0.573 e. The van der Waals surface area contributed by atoms with Crippen molar-refractivity contribution in [2.75, 3.05) is 7.11 Å². The third-order valence-electron chi connectivity index (χ3n) is 1.91. The second-order valence-corrected chi connectivity index (χ2v) is 3.22. The Kier molecular flexibility index (Phi) is 4.38. The molecule has 0 aromatic heterocycles. The van der Waals surface area contributed by atoms with E-state index in [9.17, 15) is 13.2 Å². The van der Waals surface area contributed by atoms with Gasteiger partial charge in [-0.25, -0.2) is 0 Å². The van der Waals surface area contributed by atoms with Gasteiger partial charge in [0, 0.05) is 12.7 Å². The Morgan fingerprint density at radius 2 is 1.94 bits per heavy atom. The molecule has 4 nitrogen and oxygen atoms in total. The van der Waals surface area contributed by atoms with Crippen molar-refractivity contribution in [3.63, 3.8) is 0 Å². The van der Waals surface area contributed by atoms with Crippen LogP contribution >= 0.6 is 0 Å². The third-order valence-corrected chi connectivity index (χ3v) is 1.91. The Morgan fingerprint density at radius 1 is 1.29 bits per heavy atom. The molecule has 94 valence electrons. The van der Waals surface area contributed by atoms with Gasteiger partial charge in [-0.15, -0.1) is 13.2 Å². The highest BCUT2D eigenvalue weighted by Crippen LogP contribution is 2.26. The zero-order chi connectivity index (χ0) is 13.1. The Bertz CT molecular complexity index is 381. The van der Waals surface area contributed by atoms with E-state index in [1.807, 2.05) is 0 Å². The normalized spacial score (nSPS) is 11.4. The van der Waals surface area contributed by atoms with E-state index in [1.165, 1.54) is 13.2 Å². The molecule has 0 aliphatic rings. The quantitative estimate of drug-likeness (QED) is 0.760. The number of alkyl halides is 3. The summed E-state index contributed by atoms with van der Waals surface area (Å²) in [4.78, 5) is 0. The molecule has 0 aliphatic carbocycles. The van der Waals surface area contributed by atoms with E-state index in [4.69, 9.17) is 14.8 Å². The molecule has 8 heteroatoms. The molecule has 0 radical (unpaired) electrons. The summed E-state index contributed by atoms with van der Waals surface area (Å²) in [5.74, 6) is -0.427. The van der Waals surface area contributed by atoms with Crippen LogP contribution in [0.3, 0.4) is 0 Å². The van der Waals surface area contributed by atoms with Gasteiger partial charge in [0.1, 0.15) is 5.75 Å². The van der Waals surface area contributed by atoms with Crippen molar-refractivity contribution in [2.24, 2.45) is 0 Å². The van der Waals surface area contributed by atoms with E-state index in [0.29, 0.717) is 0 Å². The maximum absolute atomic E-state index is 12.1. The Hall–Kier alpha value is -1.25. The van der Waals surface area contributed by atoms with E-state index in [-0.39, 0.29) is 17.6 Å². The molecule has 0 spiro atoms. The van der Waals surface area contributed by atoms with E-state index < -0.39 is 19.2 Å². The van der Waals surface area contributed by atoms with Crippen LogP contribution in [0.25, 0.3) is 0 Å². The first-order chi connectivity index (χ1) is 7.83. The van der Waals surface area contributed by atoms with Gasteiger partial charge >= 0.3 is 13.5 Å². The fourth-order valence-corrected chi connectivity index (χ4v) is 1.25. The van der Waals surface area contributed by atoms with Crippen molar-refractivity contribution in [2.45, 2.75) is 13.0 Å². The van der Waals surface area contributed by atoms with Gasteiger partial charge in [-0.05, 0) is 11.5 Å². The van der Waals surface area contributed by atoms with Crippen molar-refractivity contribution in [3.8, 4) is 5.75 Å².